The molecule has 0 unspecified atom stereocenters. The zero-order valence-electron chi connectivity index (χ0n) is 25.3. The van der Waals surface area contributed by atoms with Crippen LogP contribution in [0.5, 0.6) is 11.5 Å². The van der Waals surface area contributed by atoms with Gasteiger partial charge in [-0.25, -0.2) is 9.79 Å². The molecule has 8 nitrogen and oxygen atoms in total. The summed E-state index contributed by atoms with van der Waals surface area (Å²) in [5.41, 5.74) is 6.46. The van der Waals surface area contributed by atoms with Gasteiger partial charge in [-0.1, -0.05) is 39.4 Å². The first-order chi connectivity index (χ1) is 20.6. The van der Waals surface area contributed by atoms with Crippen LogP contribution < -0.4 is 24.4 Å². The molecule has 43 heavy (non-hydrogen) atoms. The number of methoxy groups -OCH3 is 1. The summed E-state index contributed by atoms with van der Waals surface area (Å²) in [6, 6.07) is 13.2. The summed E-state index contributed by atoms with van der Waals surface area (Å²) in [5.74, 6) is 0.517. The molecule has 5 rings (SSSR count). The minimum absolute atomic E-state index is 0.192. The van der Waals surface area contributed by atoms with Gasteiger partial charge in [0.1, 0.15) is 0 Å². The first-order valence-electron chi connectivity index (χ1n) is 14.0. The lowest BCUT2D eigenvalue weighted by atomic mass is 9.95. The number of hydrogen-bond donors (Lipinski definition) is 0. The molecule has 4 aromatic rings. The Balaban J connectivity index is 1.73. The molecule has 0 N–H and O–H groups in total. The predicted octanol–water partition coefficient (Wildman–Crippen LogP) is 5.68. The number of hydrogen-bond acceptors (Lipinski definition) is 7. The van der Waals surface area contributed by atoms with Gasteiger partial charge < -0.3 is 18.8 Å². The third-order valence-corrected chi connectivity index (χ3v) is 9.08. The topological polar surface area (TPSA) is 84.1 Å². The Labute approximate surface area is 262 Å². The van der Waals surface area contributed by atoms with Gasteiger partial charge >= 0.3 is 5.97 Å². The van der Waals surface area contributed by atoms with E-state index in [-0.39, 0.29) is 12.2 Å². The van der Waals surface area contributed by atoms with E-state index in [0.29, 0.717) is 48.7 Å². The van der Waals surface area contributed by atoms with Crippen LogP contribution in [0.2, 0.25) is 0 Å². The van der Waals surface area contributed by atoms with Crippen molar-refractivity contribution in [3.8, 4) is 17.2 Å². The maximum Gasteiger partial charge on any atom is 0.338 e. The molecule has 0 spiro atoms. The number of esters is 1. The molecule has 0 aliphatic carbocycles. The minimum Gasteiger partial charge on any atom is -0.493 e. The van der Waals surface area contributed by atoms with Crippen LogP contribution >= 0.6 is 27.3 Å². The van der Waals surface area contributed by atoms with Crippen LogP contribution in [0, 0.1) is 20.8 Å². The van der Waals surface area contributed by atoms with Gasteiger partial charge in [0.05, 0.1) is 42.2 Å². The van der Waals surface area contributed by atoms with Gasteiger partial charge in [-0.05, 0) is 94.6 Å². The number of aromatic nitrogens is 2. The van der Waals surface area contributed by atoms with Gasteiger partial charge in [0, 0.05) is 21.5 Å². The molecule has 0 saturated heterocycles. The summed E-state index contributed by atoms with van der Waals surface area (Å²) in [4.78, 5) is 32.8. The van der Waals surface area contributed by atoms with E-state index in [1.54, 1.807) is 37.7 Å². The van der Waals surface area contributed by atoms with Crippen molar-refractivity contribution >= 4 is 39.3 Å². The molecule has 1 aliphatic rings. The number of allylic oxidation sites excluding steroid dienone is 1. The maximum atomic E-state index is 14.2. The van der Waals surface area contributed by atoms with Crippen molar-refractivity contribution in [3.63, 3.8) is 0 Å². The quantitative estimate of drug-likeness (QED) is 0.226. The Hall–Kier alpha value is -3.89. The number of halogens is 1. The Bertz CT molecular complexity index is 1950. The van der Waals surface area contributed by atoms with E-state index < -0.39 is 12.0 Å². The largest absolute Gasteiger partial charge is 0.493 e. The van der Waals surface area contributed by atoms with Crippen molar-refractivity contribution < 1.29 is 19.0 Å². The number of aryl methyl sites for hydroxylation is 2. The van der Waals surface area contributed by atoms with Crippen LogP contribution in [0.4, 0.5) is 0 Å². The predicted molar refractivity (Wildman–Crippen MR) is 172 cm³/mol. The molecule has 224 valence electrons. The number of fused-ring (bicyclic) bond motifs is 1. The molecule has 2 aromatic carbocycles. The average Bonchev–Trinajstić information content (AvgIpc) is 3.42. The zero-order valence-corrected chi connectivity index (χ0v) is 27.7. The zero-order chi connectivity index (χ0) is 31.0. The second-order valence-electron chi connectivity index (χ2n) is 10.3. The highest BCUT2D eigenvalue weighted by molar-refractivity contribution is 9.10. The first kappa shape index (κ1) is 30.6. The molecule has 0 bridgehead atoms. The van der Waals surface area contributed by atoms with Crippen molar-refractivity contribution in [1.29, 1.82) is 0 Å². The molecular formula is C33H34BrN3O5S. The van der Waals surface area contributed by atoms with Crippen molar-refractivity contribution in [2.24, 2.45) is 4.99 Å². The molecule has 0 saturated carbocycles. The van der Waals surface area contributed by atoms with Gasteiger partial charge in [0.2, 0.25) is 0 Å². The number of ether oxygens (including phenoxy) is 3. The molecular weight excluding hydrogens is 630 g/mol. The van der Waals surface area contributed by atoms with E-state index in [9.17, 15) is 9.59 Å². The van der Waals surface area contributed by atoms with E-state index in [2.05, 4.69) is 58.6 Å². The first-order valence-corrected chi connectivity index (χ1v) is 15.7. The fourth-order valence-corrected chi connectivity index (χ4v) is 7.09. The molecule has 1 atom stereocenters. The second-order valence-corrected chi connectivity index (χ2v) is 12.1. The smallest absolute Gasteiger partial charge is 0.338 e. The molecule has 2 aromatic heterocycles. The molecule has 0 radical (unpaired) electrons. The lowest BCUT2D eigenvalue weighted by Crippen LogP contribution is -2.40. The standard InChI is InChI=1S/C33H34BrN3O5S/c1-8-41-27-17-25(34)24(16-26(27)40-7)30-29(32(39)42-9-2)20(5)35-33-37(30)31(38)28(43-33)15-22-14-19(4)36(21(22)6)23-12-10-11-18(3)13-23/h10-17,30H,8-9H2,1-7H3/b28-15-/t30-/m0/s1. The van der Waals surface area contributed by atoms with Crippen molar-refractivity contribution in [2.75, 3.05) is 20.3 Å². The fraction of sp³-hybridized carbons (Fsp3) is 0.303. The van der Waals surface area contributed by atoms with E-state index in [1.165, 1.54) is 16.9 Å². The fourth-order valence-electron chi connectivity index (χ4n) is 5.51. The Morgan fingerprint density at radius 2 is 1.84 bits per heavy atom. The van der Waals surface area contributed by atoms with Crippen LogP contribution in [-0.2, 0) is 9.53 Å². The van der Waals surface area contributed by atoms with Gasteiger partial charge in [-0.3, -0.25) is 9.36 Å². The summed E-state index contributed by atoms with van der Waals surface area (Å²) in [5, 5.41) is 0. The van der Waals surface area contributed by atoms with E-state index >= 15 is 0 Å². The second kappa shape index (κ2) is 12.4. The Kier molecular flexibility index (Phi) is 8.80. The maximum absolute atomic E-state index is 14.2. The van der Waals surface area contributed by atoms with Gasteiger partial charge in [-0.2, -0.15) is 0 Å². The summed E-state index contributed by atoms with van der Waals surface area (Å²) in [6.07, 6.45) is 1.91. The number of rotatable bonds is 8. The third-order valence-electron chi connectivity index (χ3n) is 7.41. The normalized spacial score (nSPS) is 14.9. The Morgan fingerprint density at radius 1 is 1.07 bits per heavy atom. The van der Waals surface area contributed by atoms with Crippen LogP contribution in [0.15, 0.2) is 68.0 Å². The highest BCUT2D eigenvalue weighted by Gasteiger charge is 2.35. The number of thiazole rings is 1. The van der Waals surface area contributed by atoms with Crippen LogP contribution in [0.1, 0.15) is 54.9 Å². The lowest BCUT2D eigenvalue weighted by molar-refractivity contribution is -0.139. The summed E-state index contributed by atoms with van der Waals surface area (Å²) >= 11 is 4.97. The lowest BCUT2D eigenvalue weighted by Gasteiger charge is -2.26. The summed E-state index contributed by atoms with van der Waals surface area (Å²) < 4.78 is 21.8. The number of benzene rings is 2. The Morgan fingerprint density at radius 3 is 2.51 bits per heavy atom. The van der Waals surface area contributed by atoms with Crippen molar-refractivity contribution in [1.82, 2.24) is 9.13 Å². The van der Waals surface area contributed by atoms with Crippen LogP contribution in [0.25, 0.3) is 11.8 Å². The molecule has 0 amide bonds. The van der Waals surface area contributed by atoms with Crippen molar-refractivity contribution in [2.45, 2.75) is 47.6 Å². The average molecular weight is 665 g/mol. The number of carbonyl (C=O) groups is 1. The van der Waals surface area contributed by atoms with E-state index in [0.717, 1.165) is 22.6 Å². The van der Waals surface area contributed by atoms with Crippen LogP contribution in [-0.4, -0.2) is 35.4 Å². The monoisotopic (exact) mass is 663 g/mol. The highest BCUT2D eigenvalue weighted by Crippen LogP contribution is 2.41. The highest BCUT2D eigenvalue weighted by atomic mass is 79.9. The van der Waals surface area contributed by atoms with Crippen molar-refractivity contribution in [3.05, 3.63) is 106 Å². The van der Waals surface area contributed by atoms with E-state index in [1.807, 2.05) is 26.0 Å². The van der Waals surface area contributed by atoms with Gasteiger partial charge in [-0.15, -0.1) is 0 Å². The van der Waals surface area contributed by atoms with E-state index in [4.69, 9.17) is 19.2 Å². The van der Waals surface area contributed by atoms with Gasteiger partial charge in [0.15, 0.2) is 16.3 Å². The molecule has 1 aliphatic heterocycles. The summed E-state index contributed by atoms with van der Waals surface area (Å²) in [7, 11) is 1.56. The van der Waals surface area contributed by atoms with Gasteiger partial charge in [0.25, 0.3) is 5.56 Å². The number of nitrogens with zero attached hydrogens (tertiary/aromatic N) is 3. The minimum atomic E-state index is -0.795. The SMILES string of the molecule is CCOC(=O)C1=C(C)N=c2s/c(=C\c3cc(C)n(-c4cccc(C)c4)c3C)c(=O)n2[C@H]1c1cc(OC)c(OCC)cc1Br. The summed E-state index contributed by atoms with van der Waals surface area (Å²) in [6.45, 7) is 12.2. The molecule has 10 heteroatoms. The van der Waals surface area contributed by atoms with Crippen LogP contribution in [0.3, 0.4) is 0 Å². The third kappa shape index (κ3) is 5.61. The molecule has 0 fully saturated rings. The number of carbonyl (C=O) groups excluding carboxylic acids is 1. The molecule has 3 heterocycles.